The second kappa shape index (κ2) is 5.71. The molecule has 0 aromatic heterocycles. The smallest absolute Gasteiger partial charge is 0.397 e. The number of nitrogen functional groups attached to an aromatic ring is 1. The molecule has 2 aromatic carbocycles. The summed E-state index contributed by atoms with van der Waals surface area (Å²) in [6.45, 7) is 3.69. The zero-order valence-electron chi connectivity index (χ0n) is 12.1. The van der Waals surface area contributed by atoms with Gasteiger partial charge in [-0.05, 0) is 43.7 Å². The largest absolute Gasteiger partial charge is 0.416 e. The lowest BCUT2D eigenvalue weighted by molar-refractivity contribution is -0.137. The molecule has 1 amide bonds. The molecule has 3 nitrogen and oxygen atoms in total. The van der Waals surface area contributed by atoms with Gasteiger partial charge < -0.3 is 11.1 Å². The number of carbonyl (C=O) groups is 1. The normalized spacial score (nSPS) is 11.3. The lowest BCUT2D eigenvalue weighted by Crippen LogP contribution is -2.15. The second-order valence-corrected chi connectivity index (χ2v) is 5.07. The Kier molecular flexibility index (Phi) is 4.12. The van der Waals surface area contributed by atoms with Crippen LogP contribution in [0, 0.1) is 13.8 Å². The minimum Gasteiger partial charge on any atom is -0.397 e. The number of hydrogen-bond donors (Lipinski definition) is 2. The zero-order chi connectivity index (χ0) is 16.5. The van der Waals surface area contributed by atoms with Crippen LogP contribution >= 0.6 is 0 Å². The van der Waals surface area contributed by atoms with Crippen molar-refractivity contribution in [1.82, 2.24) is 0 Å². The van der Waals surface area contributed by atoms with E-state index in [4.69, 9.17) is 5.73 Å². The van der Waals surface area contributed by atoms with Gasteiger partial charge in [0.25, 0.3) is 5.91 Å². The van der Waals surface area contributed by atoms with Crippen LogP contribution in [0.15, 0.2) is 36.4 Å². The number of rotatable bonds is 2. The Labute approximate surface area is 125 Å². The van der Waals surface area contributed by atoms with Crippen molar-refractivity contribution in [3.8, 4) is 0 Å². The molecule has 116 valence electrons. The summed E-state index contributed by atoms with van der Waals surface area (Å²) in [5.74, 6) is -0.413. The molecule has 0 heterocycles. The zero-order valence-corrected chi connectivity index (χ0v) is 12.1. The van der Waals surface area contributed by atoms with E-state index in [1.54, 1.807) is 19.1 Å². The van der Waals surface area contributed by atoms with Crippen LogP contribution in [0.3, 0.4) is 0 Å². The van der Waals surface area contributed by atoms with Crippen molar-refractivity contribution >= 4 is 17.3 Å². The minimum atomic E-state index is -4.47. The Hall–Kier alpha value is -2.50. The van der Waals surface area contributed by atoms with E-state index in [0.29, 0.717) is 5.56 Å². The molecular weight excluding hydrogens is 293 g/mol. The fourth-order valence-corrected chi connectivity index (χ4v) is 2.11. The van der Waals surface area contributed by atoms with Crippen molar-refractivity contribution in [3.63, 3.8) is 0 Å². The number of alkyl halides is 3. The lowest BCUT2D eigenvalue weighted by Gasteiger charge is -2.13. The van der Waals surface area contributed by atoms with E-state index in [9.17, 15) is 18.0 Å². The van der Waals surface area contributed by atoms with E-state index in [0.717, 1.165) is 29.3 Å². The molecule has 0 radical (unpaired) electrons. The number of amides is 1. The number of halogens is 3. The molecule has 0 spiro atoms. The van der Waals surface area contributed by atoms with Crippen molar-refractivity contribution in [1.29, 1.82) is 0 Å². The van der Waals surface area contributed by atoms with Crippen LogP contribution in [-0.2, 0) is 6.18 Å². The number of carbonyl (C=O) groups excluding carboxylic acids is 1. The highest BCUT2D eigenvalue weighted by atomic mass is 19.4. The first-order chi connectivity index (χ1) is 10.2. The fraction of sp³-hybridized carbons (Fsp3) is 0.188. The summed E-state index contributed by atoms with van der Waals surface area (Å²) in [5.41, 5.74) is 7.01. The molecule has 0 aliphatic heterocycles. The highest BCUT2D eigenvalue weighted by molar-refractivity contribution is 6.06. The van der Waals surface area contributed by atoms with Crippen molar-refractivity contribution in [2.45, 2.75) is 20.0 Å². The van der Waals surface area contributed by atoms with Gasteiger partial charge in [0.1, 0.15) is 0 Å². The first-order valence-corrected chi connectivity index (χ1v) is 6.54. The molecule has 22 heavy (non-hydrogen) atoms. The molecule has 2 rings (SSSR count). The van der Waals surface area contributed by atoms with Crippen LogP contribution in [-0.4, -0.2) is 5.91 Å². The molecule has 3 N–H and O–H groups in total. The summed E-state index contributed by atoms with van der Waals surface area (Å²) in [6, 6.07) is 8.15. The van der Waals surface area contributed by atoms with Crippen molar-refractivity contribution in [3.05, 3.63) is 58.7 Å². The number of hydrogen-bond acceptors (Lipinski definition) is 2. The predicted molar refractivity (Wildman–Crippen MR) is 79.7 cm³/mol. The van der Waals surface area contributed by atoms with Crippen LogP contribution in [0.4, 0.5) is 24.5 Å². The molecular formula is C16H15F3N2O. The summed E-state index contributed by atoms with van der Waals surface area (Å²) < 4.78 is 37.7. The van der Waals surface area contributed by atoms with Crippen LogP contribution < -0.4 is 11.1 Å². The van der Waals surface area contributed by atoms with Crippen LogP contribution in [0.25, 0.3) is 0 Å². The van der Waals surface area contributed by atoms with Crippen molar-refractivity contribution < 1.29 is 18.0 Å². The van der Waals surface area contributed by atoms with Gasteiger partial charge in [0.05, 0.1) is 16.9 Å². The maximum atomic E-state index is 12.6. The Morgan fingerprint density at radius 1 is 1.09 bits per heavy atom. The van der Waals surface area contributed by atoms with Gasteiger partial charge in [-0.2, -0.15) is 13.2 Å². The molecule has 0 saturated carbocycles. The summed E-state index contributed by atoms with van der Waals surface area (Å²) in [6.07, 6.45) is -4.47. The third-order valence-corrected chi connectivity index (χ3v) is 3.25. The minimum absolute atomic E-state index is 0.132. The van der Waals surface area contributed by atoms with Gasteiger partial charge in [-0.1, -0.05) is 17.7 Å². The standard InChI is InChI=1S/C16H15F3N2O/c1-9-3-5-12(10(2)7-9)15(22)21-14-6-4-11(8-13(14)20)16(17,18)19/h3-8H,20H2,1-2H3,(H,21,22). The summed E-state index contributed by atoms with van der Waals surface area (Å²) >= 11 is 0. The third-order valence-electron chi connectivity index (χ3n) is 3.25. The lowest BCUT2D eigenvalue weighted by atomic mass is 10.0. The van der Waals surface area contributed by atoms with E-state index in [2.05, 4.69) is 5.32 Å². The summed E-state index contributed by atoms with van der Waals surface area (Å²) in [7, 11) is 0. The fourth-order valence-electron chi connectivity index (χ4n) is 2.11. The van der Waals surface area contributed by atoms with E-state index in [1.165, 1.54) is 0 Å². The van der Waals surface area contributed by atoms with Crippen molar-refractivity contribution in [2.75, 3.05) is 11.1 Å². The van der Waals surface area contributed by atoms with Crippen molar-refractivity contribution in [2.24, 2.45) is 0 Å². The topological polar surface area (TPSA) is 55.1 Å². The van der Waals surface area contributed by atoms with E-state index < -0.39 is 17.6 Å². The van der Waals surface area contributed by atoms with E-state index in [-0.39, 0.29) is 11.4 Å². The molecule has 0 unspecified atom stereocenters. The van der Waals surface area contributed by atoms with Gasteiger partial charge in [0.2, 0.25) is 0 Å². The highest BCUT2D eigenvalue weighted by Crippen LogP contribution is 2.33. The average molecular weight is 308 g/mol. The molecule has 0 fully saturated rings. The predicted octanol–water partition coefficient (Wildman–Crippen LogP) is 4.16. The van der Waals surface area contributed by atoms with Crippen LogP contribution in [0.1, 0.15) is 27.0 Å². The summed E-state index contributed by atoms with van der Waals surface area (Å²) in [5, 5.41) is 2.53. The van der Waals surface area contributed by atoms with E-state index in [1.807, 2.05) is 13.0 Å². The van der Waals surface area contributed by atoms with Gasteiger partial charge in [0, 0.05) is 5.56 Å². The van der Waals surface area contributed by atoms with Gasteiger partial charge >= 0.3 is 6.18 Å². The quantitative estimate of drug-likeness (QED) is 0.819. The van der Waals surface area contributed by atoms with Gasteiger partial charge in [-0.3, -0.25) is 4.79 Å². The maximum absolute atomic E-state index is 12.6. The number of aryl methyl sites for hydroxylation is 2. The van der Waals surface area contributed by atoms with Gasteiger partial charge in [-0.15, -0.1) is 0 Å². The SMILES string of the molecule is Cc1ccc(C(=O)Nc2ccc(C(F)(F)F)cc2N)c(C)c1. The average Bonchev–Trinajstić information content (AvgIpc) is 2.39. The number of nitrogens with two attached hydrogens (primary N) is 1. The second-order valence-electron chi connectivity index (χ2n) is 5.07. The monoisotopic (exact) mass is 308 g/mol. The first-order valence-electron chi connectivity index (χ1n) is 6.54. The molecule has 0 aliphatic rings. The van der Waals surface area contributed by atoms with Crippen LogP contribution in [0.5, 0.6) is 0 Å². The highest BCUT2D eigenvalue weighted by Gasteiger charge is 2.30. The first kappa shape index (κ1) is 15.9. The number of anilines is 2. The van der Waals surface area contributed by atoms with Gasteiger partial charge in [-0.25, -0.2) is 0 Å². The molecule has 2 aromatic rings. The van der Waals surface area contributed by atoms with Crippen LogP contribution in [0.2, 0.25) is 0 Å². The third kappa shape index (κ3) is 3.39. The molecule has 0 saturated heterocycles. The summed E-state index contributed by atoms with van der Waals surface area (Å²) in [4.78, 5) is 12.2. The Morgan fingerprint density at radius 3 is 2.32 bits per heavy atom. The van der Waals surface area contributed by atoms with Gasteiger partial charge in [0.15, 0.2) is 0 Å². The Balaban J connectivity index is 2.25. The Bertz CT molecular complexity index is 724. The maximum Gasteiger partial charge on any atom is 0.416 e. The number of nitrogens with one attached hydrogen (secondary N) is 1. The Morgan fingerprint density at radius 2 is 1.77 bits per heavy atom. The number of benzene rings is 2. The molecule has 0 bridgehead atoms. The van der Waals surface area contributed by atoms with E-state index >= 15 is 0 Å². The molecule has 0 atom stereocenters. The molecule has 6 heteroatoms. The molecule has 0 aliphatic carbocycles.